The highest BCUT2D eigenvalue weighted by Gasteiger charge is 2.06. The van der Waals surface area contributed by atoms with Crippen LogP contribution in [0, 0.1) is 17.6 Å². The van der Waals surface area contributed by atoms with Crippen molar-refractivity contribution in [3.05, 3.63) is 41.0 Å². The second kappa shape index (κ2) is 6.64. The largest absolute Gasteiger partial charge is 0.311 e. The van der Waals surface area contributed by atoms with Gasteiger partial charge < -0.3 is 5.32 Å². The number of hydrogen-bond donors (Lipinski definition) is 1. The predicted molar refractivity (Wildman–Crippen MR) is 72.3 cm³/mol. The molecule has 0 aliphatic carbocycles. The Kier molecular flexibility index (Phi) is 5.48. The van der Waals surface area contributed by atoms with Crippen LogP contribution in [0.25, 0.3) is 6.08 Å². The summed E-state index contributed by atoms with van der Waals surface area (Å²) in [6.45, 7) is 9.10. The number of hydrogen-bond acceptors (Lipinski definition) is 1. The standard InChI is InChI=1S/C15H21F2N/c1-10(2)13(9-18-11(3)4)7-12-5-6-14(16)15(17)8-12/h5-8,10-11,18H,9H2,1-4H3. The highest BCUT2D eigenvalue weighted by atomic mass is 19.2. The van der Waals surface area contributed by atoms with E-state index in [1.54, 1.807) is 6.07 Å². The average molecular weight is 253 g/mol. The van der Waals surface area contributed by atoms with Crippen molar-refractivity contribution in [2.24, 2.45) is 5.92 Å². The van der Waals surface area contributed by atoms with E-state index in [-0.39, 0.29) is 0 Å². The molecule has 1 aromatic rings. The van der Waals surface area contributed by atoms with E-state index >= 15 is 0 Å². The normalized spacial score (nSPS) is 12.6. The smallest absolute Gasteiger partial charge is 0.159 e. The zero-order chi connectivity index (χ0) is 13.7. The van der Waals surface area contributed by atoms with Crippen molar-refractivity contribution in [2.75, 3.05) is 6.54 Å². The maximum Gasteiger partial charge on any atom is 0.159 e. The molecule has 0 aliphatic heterocycles. The molecule has 0 saturated carbocycles. The summed E-state index contributed by atoms with van der Waals surface area (Å²) in [5.41, 5.74) is 1.87. The lowest BCUT2D eigenvalue weighted by Crippen LogP contribution is -2.26. The summed E-state index contributed by atoms with van der Waals surface area (Å²) >= 11 is 0. The van der Waals surface area contributed by atoms with Gasteiger partial charge in [-0.2, -0.15) is 0 Å². The predicted octanol–water partition coefficient (Wildman–Crippen LogP) is 4.00. The Morgan fingerprint density at radius 2 is 1.83 bits per heavy atom. The van der Waals surface area contributed by atoms with Crippen molar-refractivity contribution in [2.45, 2.75) is 33.7 Å². The zero-order valence-corrected chi connectivity index (χ0v) is 11.4. The minimum absolute atomic E-state index is 0.365. The molecule has 1 nitrogen and oxygen atoms in total. The molecule has 1 rings (SSSR count). The van der Waals surface area contributed by atoms with Gasteiger partial charge in [0.15, 0.2) is 11.6 Å². The van der Waals surface area contributed by atoms with Crippen LogP contribution in [0.3, 0.4) is 0 Å². The second-order valence-corrected chi connectivity index (χ2v) is 5.08. The quantitative estimate of drug-likeness (QED) is 0.836. The Labute approximate surface area is 108 Å². The molecule has 3 heteroatoms. The van der Waals surface area contributed by atoms with Crippen molar-refractivity contribution < 1.29 is 8.78 Å². The SMILES string of the molecule is CC(C)NCC(=Cc1ccc(F)c(F)c1)C(C)C. The van der Waals surface area contributed by atoms with Gasteiger partial charge in [0.05, 0.1) is 0 Å². The third-order valence-electron chi connectivity index (χ3n) is 2.75. The molecule has 0 spiro atoms. The summed E-state index contributed by atoms with van der Waals surface area (Å²) in [7, 11) is 0. The van der Waals surface area contributed by atoms with E-state index in [4.69, 9.17) is 0 Å². The molecule has 0 aromatic heterocycles. The van der Waals surface area contributed by atoms with Gasteiger partial charge in [0.2, 0.25) is 0 Å². The maximum atomic E-state index is 13.1. The van der Waals surface area contributed by atoms with Gasteiger partial charge >= 0.3 is 0 Å². The molecular formula is C15H21F2N. The van der Waals surface area contributed by atoms with E-state index in [0.29, 0.717) is 17.5 Å². The fraction of sp³-hybridized carbons (Fsp3) is 0.467. The van der Waals surface area contributed by atoms with Crippen LogP contribution < -0.4 is 5.32 Å². The van der Waals surface area contributed by atoms with E-state index in [1.165, 1.54) is 11.6 Å². The van der Waals surface area contributed by atoms with Crippen LogP contribution in [0.1, 0.15) is 33.3 Å². The van der Waals surface area contributed by atoms with Gasteiger partial charge in [-0.1, -0.05) is 45.4 Å². The van der Waals surface area contributed by atoms with Crippen LogP contribution in [-0.2, 0) is 0 Å². The lowest BCUT2D eigenvalue weighted by molar-refractivity contribution is 0.508. The minimum atomic E-state index is -0.807. The van der Waals surface area contributed by atoms with E-state index in [0.717, 1.165) is 12.6 Å². The number of nitrogens with one attached hydrogen (secondary N) is 1. The Balaban J connectivity index is 2.89. The molecule has 0 unspecified atom stereocenters. The summed E-state index contributed by atoms with van der Waals surface area (Å²) in [5.74, 6) is -1.24. The van der Waals surface area contributed by atoms with Crippen LogP contribution in [-0.4, -0.2) is 12.6 Å². The van der Waals surface area contributed by atoms with E-state index in [1.807, 2.05) is 6.08 Å². The summed E-state index contributed by atoms with van der Waals surface area (Å²) in [6.07, 6.45) is 1.92. The molecule has 0 radical (unpaired) electrons. The van der Waals surface area contributed by atoms with Gasteiger partial charge in [0, 0.05) is 12.6 Å². The summed E-state index contributed by atoms with van der Waals surface area (Å²) in [4.78, 5) is 0. The van der Waals surface area contributed by atoms with Gasteiger partial charge in [0.1, 0.15) is 0 Å². The fourth-order valence-electron chi connectivity index (χ4n) is 1.56. The Morgan fingerprint density at radius 1 is 1.17 bits per heavy atom. The highest BCUT2D eigenvalue weighted by Crippen LogP contribution is 2.16. The molecule has 100 valence electrons. The van der Waals surface area contributed by atoms with Gasteiger partial charge in [-0.05, 0) is 23.6 Å². The zero-order valence-electron chi connectivity index (χ0n) is 11.4. The van der Waals surface area contributed by atoms with Crippen LogP contribution in [0.15, 0.2) is 23.8 Å². The molecule has 0 saturated heterocycles. The van der Waals surface area contributed by atoms with Gasteiger partial charge in [-0.25, -0.2) is 8.78 Å². The van der Waals surface area contributed by atoms with E-state index in [2.05, 4.69) is 33.0 Å². The number of halogens is 2. The van der Waals surface area contributed by atoms with Crippen molar-refractivity contribution in [3.63, 3.8) is 0 Å². The Hall–Kier alpha value is -1.22. The van der Waals surface area contributed by atoms with Gasteiger partial charge in [-0.15, -0.1) is 0 Å². The second-order valence-electron chi connectivity index (χ2n) is 5.08. The highest BCUT2D eigenvalue weighted by molar-refractivity contribution is 5.53. The molecule has 0 bridgehead atoms. The van der Waals surface area contributed by atoms with Gasteiger partial charge in [-0.3, -0.25) is 0 Å². The Morgan fingerprint density at radius 3 is 2.33 bits per heavy atom. The van der Waals surface area contributed by atoms with Crippen LogP contribution in [0.2, 0.25) is 0 Å². The molecule has 1 N–H and O–H groups in total. The van der Waals surface area contributed by atoms with Gasteiger partial charge in [0.25, 0.3) is 0 Å². The average Bonchev–Trinajstić information content (AvgIpc) is 2.28. The Bertz CT molecular complexity index is 423. The lowest BCUT2D eigenvalue weighted by Gasteiger charge is -2.15. The first-order valence-corrected chi connectivity index (χ1v) is 6.29. The molecule has 0 fully saturated rings. The summed E-state index contributed by atoms with van der Waals surface area (Å²) in [5, 5.41) is 3.34. The summed E-state index contributed by atoms with van der Waals surface area (Å²) < 4.78 is 26.0. The molecule has 0 amide bonds. The molecular weight excluding hydrogens is 232 g/mol. The van der Waals surface area contributed by atoms with Crippen LogP contribution >= 0.6 is 0 Å². The van der Waals surface area contributed by atoms with Crippen molar-refractivity contribution in [1.82, 2.24) is 5.32 Å². The number of benzene rings is 1. The van der Waals surface area contributed by atoms with E-state index < -0.39 is 11.6 Å². The first-order valence-electron chi connectivity index (χ1n) is 6.29. The minimum Gasteiger partial charge on any atom is -0.311 e. The molecule has 0 atom stereocenters. The fourth-order valence-corrected chi connectivity index (χ4v) is 1.56. The van der Waals surface area contributed by atoms with Crippen LogP contribution in [0.5, 0.6) is 0 Å². The van der Waals surface area contributed by atoms with Crippen molar-refractivity contribution in [3.8, 4) is 0 Å². The monoisotopic (exact) mass is 253 g/mol. The lowest BCUT2D eigenvalue weighted by atomic mass is 10.00. The molecule has 1 aromatic carbocycles. The first kappa shape index (κ1) is 14.8. The molecule has 0 heterocycles. The first-order chi connectivity index (χ1) is 8.40. The third-order valence-corrected chi connectivity index (χ3v) is 2.75. The van der Waals surface area contributed by atoms with E-state index in [9.17, 15) is 8.78 Å². The van der Waals surface area contributed by atoms with Crippen molar-refractivity contribution in [1.29, 1.82) is 0 Å². The molecule has 18 heavy (non-hydrogen) atoms. The van der Waals surface area contributed by atoms with Crippen molar-refractivity contribution >= 4 is 6.08 Å². The maximum absolute atomic E-state index is 13.1. The molecule has 0 aliphatic rings. The summed E-state index contributed by atoms with van der Waals surface area (Å²) in [6, 6.07) is 4.38. The number of rotatable bonds is 5. The third kappa shape index (κ3) is 4.57. The topological polar surface area (TPSA) is 12.0 Å². The van der Waals surface area contributed by atoms with Crippen LogP contribution in [0.4, 0.5) is 8.78 Å².